The van der Waals surface area contributed by atoms with Crippen LogP contribution in [0.25, 0.3) is 16.9 Å². The molecule has 0 aliphatic heterocycles. The molecule has 39 heavy (non-hydrogen) atoms. The minimum atomic E-state index is -0.534. The summed E-state index contributed by atoms with van der Waals surface area (Å²) >= 11 is 0. The Hall–Kier alpha value is -4.79. The molecular formula is C30H30N4O5. The van der Waals surface area contributed by atoms with Crippen molar-refractivity contribution in [2.24, 2.45) is 0 Å². The average Bonchev–Trinajstić information content (AvgIpc) is 3.28. The highest BCUT2D eigenvalue weighted by atomic mass is 16.6. The number of nitro benzene ring substituents is 1. The molecule has 4 rings (SSSR count). The van der Waals surface area contributed by atoms with Gasteiger partial charge in [0.25, 0.3) is 17.2 Å². The van der Waals surface area contributed by atoms with E-state index < -0.39 is 22.2 Å². The van der Waals surface area contributed by atoms with Gasteiger partial charge in [-0.1, -0.05) is 67.9 Å². The molecule has 0 unspecified atom stereocenters. The van der Waals surface area contributed by atoms with E-state index >= 15 is 0 Å². The number of ketones is 1. The molecule has 0 fully saturated rings. The number of nitrogens with one attached hydrogen (secondary N) is 1. The maximum atomic E-state index is 13.8. The first-order valence-electron chi connectivity index (χ1n) is 12.8. The quantitative estimate of drug-likeness (QED) is 0.167. The van der Waals surface area contributed by atoms with Crippen molar-refractivity contribution < 1.29 is 14.5 Å². The number of para-hydroxylation sites is 1. The summed E-state index contributed by atoms with van der Waals surface area (Å²) in [5.74, 6) is -1.02. The summed E-state index contributed by atoms with van der Waals surface area (Å²) in [5.41, 5.74) is 2.31. The summed E-state index contributed by atoms with van der Waals surface area (Å²) in [6.07, 6.45) is 1.39. The third-order valence-electron chi connectivity index (χ3n) is 6.64. The number of carbonyl (C=O) groups excluding carboxylic acids is 2. The number of amides is 1. The molecule has 0 aliphatic rings. The maximum absolute atomic E-state index is 13.8. The van der Waals surface area contributed by atoms with Crippen LogP contribution in [0, 0.1) is 24.0 Å². The lowest BCUT2D eigenvalue weighted by Gasteiger charge is -2.22. The van der Waals surface area contributed by atoms with Gasteiger partial charge in [0.05, 0.1) is 22.8 Å². The molecule has 1 aromatic heterocycles. The third kappa shape index (κ3) is 5.72. The summed E-state index contributed by atoms with van der Waals surface area (Å²) in [7, 11) is 0. The summed E-state index contributed by atoms with van der Waals surface area (Å²) < 4.78 is 1.35. The van der Waals surface area contributed by atoms with Crippen molar-refractivity contribution in [1.29, 1.82) is 0 Å². The number of aromatic nitrogens is 2. The molecule has 1 amide bonds. The number of hydrogen-bond donors (Lipinski definition) is 1. The van der Waals surface area contributed by atoms with E-state index in [1.165, 1.54) is 27.8 Å². The second kappa shape index (κ2) is 11.7. The Morgan fingerprint density at radius 1 is 0.974 bits per heavy atom. The summed E-state index contributed by atoms with van der Waals surface area (Å²) in [4.78, 5) is 53.2. The van der Waals surface area contributed by atoms with Crippen molar-refractivity contribution in [3.05, 3.63) is 116 Å². The molecule has 0 saturated heterocycles. The highest BCUT2D eigenvalue weighted by molar-refractivity contribution is 6.05. The lowest BCUT2D eigenvalue weighted by molar-refractivity contribution is -0.385. The molecule has 0 atom stereocenters. The van der Waals surface area contributed by atoms with Gasteiger partial charge in [-0.2, -0.15) is 0 Å². The molecule has 0 aliphatic carbocycles. The highest BCUT2D eigenvalue weighted by Crippen LogP contribution is 2.24. The van der Waals surface area contributed by atoms with Gasteiger partial charge in [-0.25, -0.2) is 4.68 Å². The van der Waals surface area contributed by atoms with Gasteiger partial charge in [-0.05, 0) is 38.0 Å². The maximum Gasteiger partial charge on any atom is 0.282 e. The Bertz CT molecular complexity index is 1590. The number of benzene rings is 3. The van der Waals surface area contributed by atoms with E-state index in [-0.39, 0.29) is 29.9 Å². The molecule has 4 aromatic rings. The standard InChI is InChI=1S/C30H30N4O5/c1-4-5-17-32(29(36)23-16-15-21(3)25(18-23)34(38)39)19-26(35)27-28(22-12-7-6-8-13-22)31-33(30(27)37)24-14-10-9-11-20(24)2/h6-16,18,31H,4-5,17,19H2,1-3H3. The number of Topliss-reactive ketones (excluding diaryl/α,β-unsaturated/α-hetero) is 1. The number of unbranched alkanes of at least 4 members (excludes halogenated alkanes) is 1. The van der Waals surface area contributed by atoms with Gasteiger partial charge in [0.2, 0.25) is 0 Å². The smallest absolute Gasteiger partial charge is 0.282 e. The number of H-pyrrole nitrogens is 1. The van der Waals surface area contributed by atoms with Crippen LogP contribution in [0.2, 0.25) is 0 Å². The van der Waals surface area contributed by atoms with Crippen molar-refractivity contribution >= 4 is 17.4 Å². The monoisotopic (exact) mass is 526 g/mol. The molecule has 9 heteroatoms. The van der Waals surface area contributed by atoms with Crippen LogP contribution in [-0.4, -0.2) is 44.4 Å². The number of nitrogens with zero attached hydrogens (tertiary/aromatic N) is 3. The van der Waals surface area contributed by atoms with Crippen molar-refractivity contribution in [2.45, 2.75) is 33.6 Å². The van der Waals surface area contributed by atoms with Gasteiger partial charge < -0.3 is 4.90 Å². The summed E-state index contributed by atoms with van der Waals surface area (Å²) in [6.45, 7) is 5.35. The number of hydrogen-bond acceptors (Lipinski definition) is 5. The molecule has 0 saturated carbocycles. The lowest BCUT2D eigenvalue weighted by Crippen LogP contribution is -2.38. The Morgan fingerprint density at radius 3 is 2.33 bits per heavy atom. The topological polar surface area (TPSA) is 118 Å². The number of aromatic amines is 1. The van der Waals surface area contributed by atoms with Crippen LogP contribution in [0.5, 0.6) is 0 Å². The molecule has 1 N–H and O–H groups in total. The molecule has 0 spiro atoms. The van der Waals surface area contributed by atoms with E-state index in [2.05, 4.69) is 5.10 Å². The fourth-order valence-corrected chi connectivity index (χ4v) is 4.47. The first kappa shape index (κ1) is 27.3. The normalized spacial score (nSPS) is 10.8. The van der Waals surface area contributed by atoms with Crippen LogP contribution < -0.4 is 5.56 Å². The molecule has 0 bridgehead atoms. The first-order valence-corrected chi connectivity index (χ1v) is 12.8. The Labute approximate surface area is 225 Å². The fourth-order valence-electron chi connectivity index (χ4n) is 4.47. The predicted octanol–water partition coefficient (Wildman–Crippen LogP) is 5.48. The Balaban J connectivity index is 1.76. The minimum absolute atomic E-state index is 0.0476. The zero-order chi connectivity index (χ0) is 28.1. The van der Waals surface area contributed by atoms with Gasteiger partial charge in [-0.15, -0.1) is 0 Å². The van der Waals surface area contributed by atoms with E-state index in [0.717, 1.165) is 12.0 Å². The van der Waals surface area contributed by atoms with Crippen LogP contribution in [0.4, 0.5) is 5.69 Å². The largest absolute Gasteiger partial charge is 0.331 e. The van der Waals surface area contributed by atoms with Gasteiger partial charge in [0.1, 0.15) is 5.56 Å². The summed E-state index contributed by atoms with van der Waals surface area (Å²) in [6, 6.07) is 20.7. The van der Waals surface area contributed by atoms with Crippen LogP contribution in [-0.2, 0) is 0 Å². The SMILES string of the molecule is CCCCN(CC(=O)c1c(-c2ccccc2)[nH]n(-c2ccccc2C)c1=O)C(=O)c1ccc(C)c([N+](=O)[O-])c1. The van der Waals surface area contributed by atoms with E-state index in [1.807, 2.05) is 50.2 Å². The molecule has 0 radical (unpaired) electrons. The number of aryl methyl sites for hydroxylation is 2. The first-order chi connectivity index (χ1) is 18.7. The Kier molecular flexibility index (Phi) is 8.19. The number of nitro groups is 1. The van der Waals surface area contributed by atoms with E-state index in [0.29, 0.717) is 28.9 Å². The van der Waals surface area contributed by atoms with Gasteiger partial charge in [0, 0.05) is 29.3 Å². The van der Waals surface area contributed by atoms with Crippen LogP contribution >= 0.6 is 0 Å². The van der Waals surface area contributed by atoms with Crippen LogP contribution in [0.15, 0.2) is 77.6 Å². The number of rotatable bonds is 10. The van der Waals surface area contributed by atoms with Gasteiger partial charge >= 0.3 is 0 Å². The second-order valence-electron chi connectivity index (χ2n) is 9.42. The molecule has 3 aromatic carbocycles. The van der Waals surface area contributed by atoms with Gasteiger partial charge in [-0.3, -0.25) is 29.6 Å². The van der Waals surface area contributed by atoms with Crippen molar-refractivity contribution in [1.82, 2.24) is 14.7 Å². The zero-order valence-corrected chi connectivity index (χ0v) is 22.1. The van der Waals surface area contributed by atoms with Crippen molar-refractivity contribution in [2.75, 3.05) is 13.1 Å². The Morgan fingerprint density at radius 2 is 1.67 bits per heavy atom. The van der Waals surface area contributed by atoms with E-state index in [1.54, 1.807) is 25.1 Å². The zero-order valence-electron chi connectivity index (χ0n) is 22.1. The van der Waals surface area contributed by atoms with Crippen LogP contribution in [0.3, 0.4) is 0 Å². The average molecular weight is 527 g/mol. The molecule has 9 nitrogen and oxygen atoms in total. The third-order valence-corrected chi connectivity index (χ3v) is 6.64. The van der Waals surface area contributed by atoms with Crippen molar-refractivity contribution in [3.8, 4) is 16.9 Å². The fraction of sp³-hybridized carbons (Fsp3) is 0.233. The van der Waals surface area contributed by atoms with Crippen molar-refractivity contribution in [3.63, 3.8) is 0 Å². The molecular weight excluding hydrogens is 496 g/mol. The van der Waals surface area contributed by atoms with Crippen LogP contribution in [0.1, 0.15) is 51.6 Å². The summed E-state index contributed by atoms with van der Waals surface area (Å²) in [5, 5.41) is 14.6. The lowest BCUT2D eigenvalue weighted by atomic mass is 10.0. The second-order valence-corrected chi connectivity index (χ2v) is 9.42. The molecule has 200 valence electrons. The molecule has 1 heterocycles. The van der Waals surface area contributed by atoms with Gasteiger partial charge in [0.15, 0.2) is 5.78 Å². The predicted molar refractivity (Wildman–Crippen MR) is 150 cm³/mol. The highest BCUT2D eigenvalue weighted by Gasteiger charge is 2.27. The van der Waals surface area contributed by atoms with E-state index in [4.69, 9.17) is 0 Å². The minimum Gasteiger partial charge on any atom is -0.331 e. The number of carbonyl (C=O) groups is 2. The van der Waals surface area contributed by atoms with E-state index in [9.17, 15) is 24.5 Å².